The van der Waals surface area contributed by atoms with Gasteiger partial charge in [0.25, 0.3) is 0 Å². The Balaban J connectivity index is 1.85. The maximum absolute atomic E-state index is 11.1. The Hall–Kier alpha value is -2.14. The highest BCUT2D eigenvalue weighted by atomic mass is 16.4. The lowest BCUT2D eigenvalue weighted by atomic mass is 10.1. The molecule has 1 aromatic heterocycles. The molecule has 5 nitrogen and oxygen atoms in total. The first-order valence-electron chi connectivity index (χ1n) is 7.64. The quantitative estimate of drug-likeness (QED) is 0.786. The van der Waals surface area contributed by atoms with Crippen molar-refractivity contribution in [1.82, 2.24) is 15.1 Å². The molecular weight excluding hydrogens is 278 g/mol. The van der Waals surface area contributed by atoms with Gasteiger partial charge in [-0.15, -0.1) is 0 Å². The molecule has 0 saturated heterocycles. The Morgan fingerprint density at radius 3 is 2.73 bits per heavy atom. The number of carbonyl (C=O) groups is 1. The summed E-state index contributed by atoms with van der Waals surface area (Å²) in [5.74, 6) is -0.752. The molecule has 2 N–H and O–H groups in total. The number of benzene rings is 1. The van der Waals surface area contributed by atoms with E-state index in [-0.39, 0.29) is 0 Å². The third kappa shape index (κ3) is 4.18. The second kappa shape index (κ2) is 7.75. The second-order valence-corrected chi connectivity index (χ2v) is 5.49. The summed E-state index contributed by atoms with van der Waals surface area (Å²) in [6, 6.07) is 11.7. The van der Waals surface area contributed by atoms with E-state index in [4.69, 9.17) is 5.11 Å². The minimum absolute atomic E-state index is 0.401. The lowest BCUT2D eigenvalue weighted by Gasteiger charge is -2.23. The van der Waals surface area contributed by atoms with E-state index in [1.54, 1.807) is 0 Å². The van der Waals surface area contributed by atoms with Crippen molar-refractivity contribution in [3.63, 3.8) is 0 Å². The largest absolute Gasteiger partial charge is 0.480 e. The number of carboxylic acid groups (broad SMARTS) is 1. The molecule has 5 heteroatoms. The predicted octanol–water partition coefficient (Wildman–Crippen LogP) is 2.80. The van der Waals surface area contributed by atoms with E-state index in [0.29, 0.717) is 6.42 Å². The highest BCUT2D eigenvalue weighted by molar-refractivity contribution is 5.73. The number of hydrogen-bond donors (Lipinski definition) is 2. The van der Waals surface area contributed by atoms with Crippen LogP contribution in [0.2, 0.25) is 0 Å². The number of H-pyrrole nitrogens is 1. The number of nitrogens with one attached hydrogen (secondary N) is 1. The van der Waals surface area contributed by atoms with Crippen LogP contribution in [0, 0.1) is 0 Å². The zero-order valence-corrected chi connectivity index (χ0v) is 13.1. The summed E-state index contributed by atoms with van der Waals surface area (Å²) >= 11 is 0. The van der Waals surface area contributed by atoms with Gasteiger partial charge in [0.05, 0.1) is 5.69 Å². The van der Waals surface area contributed by atoms with Gasteiger partial charge in [-0.05, 0) is 38.9 Å². The van der Waals surface area contributed by atoms with E-state index < -0.39 is 12.0 Å². The number of likely N-dealkylation sites (N-methyl/N-ethyl adjacent to an activating group) is 1. The molecule has 2 aromatic rings. The zero-order chi connectivity index (χ0) is 15.9. The van der Waals surface area contributed by atoms with Crippen LogP contribution in [0.25, 0.3) is 11.3 Å². The average Bonchev–Trinajstić information content (AvgIpc) is 2.97. The summed E-state index contributed by atoms with van der Waals surface area (Å²) in [6.45, 7) is 2.65. The third-order valence-corrected chi connectivity index (χ3v) is 3.86. The van der Waals surface area contributed by atoms with E-state index in [1.807, 2.05) is 49.2 Å². The van der Waals surface area contributed by atoms with Gasteiger partial charge in [0.1, 0.15) is 6.04 Å². The summed E-state index contributed by atoms with van der Waals surface area (Å²) in [5, 5.41) is 16.5. The molecule has 0 aliphatic rings. The SMILES string of the molecule is CCC(C(=O)O)N(C)CCCc1cc(-c2ccccc2)n[nH]1. The van der Waals surface area contributed by atoms with Gasteiger partial charge in [0.15, 0.2) is 0 Å². The molecule has 0 amide bonds. The normalized spacial score (nSPS) is 12.5. The van der Waals surface area contributed by atoms with Crippen molar-refractivity contribution in [2.75, 3.05) is 13.6 Å². The van der Waals surface area contributed by atoms with Crippen LogP contribution in [0.15, 0.2) is 36.4 Å². The molecule has 1 heterocycles. The maximum atomic E-state index is 11.1. The average molecular weight is 301 g/mol. The molecule has 22 heavy (non-hydrogen) atoms. The van der Waals surface area contributed by atoms with Gasteiger partial charge in [-0.1, -0.05) is 37.3 Å². The zero-order valence-electron chi connectivity index (χ0n) is 13.1. The van der Waals surface area contributed by atoms with Crippen molar-refractivity contribution in [1.29, 1.82) is 0 Å². The van der Waals surface area contributed by atoms with E-state index in [9.17, 15) is 4.79 Å². The smallest absolute Gasteiger partial charge is 0.320 e. The van der Waals surface area contributed by atoms with Crippen molar-refractivity contribution >= 4 is 5.97 Å². The highest BCUT2D eigenvalue weighted by Crippen LogP contribution is 2.17. The lowest BCUT2D eigenvalue weighted by molar-refractivity contribution is -0.142. The Labute approximate surface area is 131 Å². The molecule has 1 atom stereocenters. The predicted molar refractivity (Wildman–Crippen MR) is 86.7 cm³/mol. The summed E-state index contributed by atoms with van der Waals surface area (Å²) in [6.07, 6.45) is 2.38. The molecule has 0 aliphatic carbocycles. The fourth-order valence-electron chi connectivity index (χ4n) is 2.60. The van der Waals surface area contributed by atoms with Crippen LogP contribution in [0.3, 0.4) is 0 Å². The first-order valence-corrected chi connectivity index (χ1v) is 7.64. The topological polar surface area (TPSA) is 69.2 Å². The molecule has 1 unspecified atom stereocenters. The Morgan fingerprint density at radius 2 is 2.09 bits per heavy atom. The van der Waals surface area contributed by atoms with Gasteiger partial charge < -0.3 is 5.11 Å². The number of aromatic nitrogens is 2. The molecule has 0 spiro atoms. The second-order valence-electron chi connectivity index (χ2n) is 5.49. The maximum Gasteiger partial charge on any atom is 0.320 e. The van der Waals surface area contributed by atoms with Crippen molar-refractivity contribution in [2.45, 2.75) is 32.2 Å². The molecule has 0 radical (unpaired) electrons. The van der Waals surface area contributed by atoms with Crippen LogP contribution in [-0.4, -0.2) is 45.8 Å². The molecule has 2 rings (SSSR count). The summed E-state index contributed by atoms with van der Waals surface area (Å²) < 4.78 is 0. The van der Waals surface area contributed by atoms with Gasteiger partial charge in [0.2, 0.25) is 0 Å². The van der Waals surface area contributed by atoms with Crippen LogP contribution in [0.4, 0.5) is 0 Å². The molecular formula is C17H23N3O2. The van der Waals surface area contributed by atoms with E-state index in [1.165, 1.54) is 0 Å². The molecule has 118 valence electrons. The Morgan fingerprint density at radius 1 is 1.36 bits per heavy atom. The number of aliphatic carboxylic acids is 1. The van der Waals surface area contributed by atoms with E-state index in [2.05, 4.69) is 16.3 Å². The summed E-state index contributed by atoms with van der Waals surface area (Å²) in [7, 11) is 1.87. The van der Waals surface area contributed by atoms with Crippen LogP contribution < -0.4 is 0 Å². The minimum atomic E-state index is -0.752. The van der Waals surface area contributed by atoms with Crippen LogP contribution in [-0.2, 0) is 11.2 Å². The number of rotatable bonds is 8. The first kappa shape index (κ1) is 16.2. The fourth-order valence-corrected chi connectivity index (χ4v) is 2.60. The number of nitrogens with zero attached hydrogens (tertiary/aromatic N) is 2. The minimum Gasteiger partial charge on any atom is -0.480 e. The van der Waals surface area contributed by atoms with Crippen molar-refractivity contribution in [3.8, 4) is 11.3 Å². The van der Waals surface area contributed by atoms with Gasteiger partial charge in [-0.25, -0.2) is 0 Å². The third-order valence-electron chi connectivity index (χ3n) is 3.86. The molecule has 1 aromatic carbocycles. The van der Waals surface area contributed by atoms with Gasteiger partial charge >= 0.3 is 5.97 Å². The van der Waals surface area contributed by atoms with Gasteiger partial charge in [0, 0.05) is 11.3 Å². The van der Waals surface area contributed by atoms with Crippen LogP contribution >= 0.6 is 0 Å². The Bertz CT molecular complexity index is 595. The fraction of sp³-hybridized carbons (Fsp3) is 0.412. The highest BCUT2D eigenvalue weighted by Gasteiger charge is 2.19. The van der Waals surface area contributed by atoms with Crippen molar-refractivity contribution in [3.05, 3.63) is 42.1 Å². The number of aromatic amines is 1. The van der Waals surface area contributed by atoms with Crippen LogP contribution in [0.1, 0.15) is 25.5 Å². The van der Waals surface area contributed by atoms with Crippen LogP contribution in [0.5, 0.6) is 0 Å². The van der Waals surface area contributed by atoms with E-state index >= 15 is 0 Å². The van der Waals surface area contributed by atoms with Crippen molar-refractivity contribution < 1.29 is 9.90 Å². The van der Waals surface area contributed by atoms with Gasteiger partial charge in [-0.2, -0.15) is 5.10 Å². The number of aryl methyl sites for hydroxylation is 1. The molecule has 0 aliphatic heterocycles. The molecule has 0 fully saturated rings. The first-order chi connectivity index (χ1) is 10.6. The molecule has 0 saturated carbocycles. The van der Waals surface area contributed by atoms with E-state index in [0.717, 1.165) is 36.3 Å². The van der Waals surface area contributed by atoms with Crippen molar-refractivity contribution in [2.24, 2.45) is 0 Å². The standard InChI is InChI=1S/C17H23N3O2/c1-3-16(17(21)22)20(2)11-7-10-14-12-15(19-18-14)13-8-5-4-6-9-13/h4-6,8-9,12,16H,3,7,10-11H2,1-2H3,(H,18,19)(H,21,22). The summed E-state index contributed by atoms with van der Waals surface area (Å²) in [5.41, 5.74) is 3.12. The number of hydrogen-bond acceptors (Lipinski definition) is 3. The summed E-state index contributed by atoms with van der Waals surface area (Å²) in [4.78, 5) is 13.0. The Kier molecular flexibility index (Phi) is 5.72. The van der Waals surface area contributed by atoms with Gasteiger partial charge in [-0.3, -0.25) is 14.8 Å². The monoisotopic (exact) mass is 301 g/mol. The molecule has 0 bridgehead atoms. The number of carboxylic acids is 1. The lowest BCUT2D eigenvalue weighted by Crippen LogP contribution is -2.38.